The number of rotatable bonds is 3. The van der Waals surface area contributed by atoms with E-state index in [4.69, 9.17) is 0 Å². The van der Waals surface area contributed by atoms with E-state index in [1.165, 1.54) is 8.66 Å². The van der Waals surface area contributed by atoms with Crippen LogP contribution in [0, 0.1) is 16.7 Å². The topological polar surface area (TPSA) is 12.0 Å². The lowest BCUT2D eigenvalue weighted by Gasteiger charge is -2.16. The normalized spacial score (nSPS) is 23.7. The van der Waals surface area contributed by atoms with Gasteiger partial charge in [0.1, 0.15) is 0 Å². The fourth-order valence-corrected chi connectivity index (χ4v) is 5.31. The minimum atomic E-state index is 0.406. The Morgan fingerprint density at radius 1 is 1.24 bits per heavy atom. The molecule has 0 saturated heterocycles. The zero-order valence-corrected chi connectivity index (χ0v) is 14.9. The Morgan fingerprint density at radius 3 is 2.06 bits per heavy atom. The summed E-state index contributed by atoms with van der Waals surface area (Å²) in [6.07, 6.45) is 0. The molecule has 0 bridgehead atoms. The molecule has 0 aromatic carbocycles. The van der Waals surface area contributed by atoms with E-state index in [-0.39, 0.29) is 0 Å². The number of halogens is 2. The van der Waals surface area contributed by atoms with Gasteiger partial charge >= 0.3 is 0 Å². The van der Waals surface area contributed by atoms with E-state index in [0.717, 1.165) is 4.47 Å². The summed E-state index contributed by atoms with van der Waals surface area (Å²) < 4.78 is 2.35. The molecule has 2 rings (SSSR count). The molecule has 1 saturated carbocycles. The van der Waals surface area contributed by atoms with Crippen LogP contribution in [0.5, 0.6) is 0 Å². The third-order valence-corrected chi connectivity index (χ3v) is 8.09. The van der Waals surface area contributed by atoms with Crippen LogP contribution < -0.4 is 5.32 Å². The molecule has 1 aliphatic carbocycles. The third-order valence-electron chi connectivity index (χ3n) is 4.75. The van der Waals surface area contributed by atoms with Crippen molar-refractivity contribution in [3.8, 4) is 0 Å². The Labute approximate surface area is 125 Å². The van der Waals surface area contributed by atoms with Crippen LogP contribution in [0.4, 0.5) is 0 Å². The van der Waals surface area contributed by atoms with Crippen molar-refractivity contribution in [2.45, 2.75) is 33.7 Å². The lowest BCUT2D eigenvalue weighted by molar-refractivity contribution is 0.444. The number of nitrogens with one attached hydrogen (secondary N) is 1. The maximum atomic E-state index is 3.58. The average Bonchev–Trinajstić information content (AvgIpc) is 2.51. The van der Waals surface area contributed by atoms with Crippen molar-refractivity contribution in [3.05, 3.63) is 19.2 Å². The Morgan fingerprint density at radius 2 is 1.76 bits per heavy atom. The van der Waals surface area contributed by atoms with Crippen LogP contribution in [0.1, 0.15) is 38.6 Å². The average molecular weight is 381 g/mol. The predicted molar refractivity (Wildman–Crippen MR) is 82.6 cm³/mol. The zero-order valence-electron chi connectivity index (χ0n) is 10.9. The molecular formula is C13H19Br2NS. The summed E-state index contributed by atoms with van der Waals surface area (Å²) >= 11 is 8.98. The molecule has 0 amide bonds. The molecule has 17 heavy (non-hydrogen) atoms. The summed E-state index contributed by atoms with van der Waals surface area (Å²) in [7, 11) is 2.07. The molecule has 1 unspecified atom stereocenters. The van der Waals surface area contributed by atoms with E-state index >= 15 is 0 Å². The first-order valence-corrected chi connectivity index (χ1v) is 8.25. The van der Waals surface area contributed by atoms with Crippen LogP contribution in [0.15, 0.2) is 14.3 Å². The second-order valence-electron chi connectivity index (χ2n) is 5.96. The fourth-order valence-electron chi connectivity index (χ4n) is 3.07. The highest BCUT2D eigenvalue weighted by molar-refractivity contribution is 9.13. The summed E-state index contributed by atoms with van der Waals surface area (Å²) in [5, 5.41) is 3.50. The van der Waals surface area contributed by atoms with E-state index in [1.807, 2.05) is 11.3 Å². The largest absolute Gasteiger partial charge is 0.312 e. The lowest BCUT2D eigenvalue weighted by atomic mass is 10.0. The van der Waals surface area contributed by atoms with Gasteiger partial charge in [-0.1, -0.05) is 27.7 Å². The number of hydrogen-bond acceptors (Lipinski definition) is 2. The Bertz CT molecular complexity index is 403. The second kappa shape index (κ2) is 4.32. The highest BCUT2D eigenvalue weighted by Crippen LogP contribution is 2.72. The maximum absolute atomic E-state index is 3.58. The molecule has 4 heteroatoms. The SMILES string of the molecule is CNC(c1cc(Br)c(Br)s1)C1C(C)(C)C1(C)C. The van der Waals surface area contributed by atoms with E-state index in [2.05, 4.69) is 78.0 Å². The van der Waals surface area contributed by atoms with Gasteiger partial charge in [-0.3, -0.25) is 0 Å². The standard InChI is InChI=1S/C13H19Br2NS/c1-12(2)10(13(12,3)4)9(16-5)8-6-7(14)11(15)17-8/h6,9-10,16H,1-5H3. The summed E-state index contributed by atoms with van der Waals surface area (Å²) in [6.45, 7) is 9.50. The fraction of sp³-hybridized carbons (Fsp3) is 0.692. The van der Waals surface area contributed by atoms with Gasteiger partial charge in [0.25, 0.3) is 0 Å². The van der Waals surface area contributed by atoms with Crippen molar-refractivity contribution in [2.24, 2.45) is 16.7 Å². The van der Waals surface area contributed by atoms with Crippen molar-refractivity contribution in [3.63, 3.8) is 0 Å². The highest BCUT2D eigenvalue weighted by Gasteiger charge is 2.67. The molecule has 0 spiro atoms. The van der Waals surface area contributed by atoms with Crippen LogP contribution >= 0.6 is 43.2 Å². The van der Waals surface area contributed by atoms with Crippen molar-refractivity contribution >= 4 is 43.2 Å². The molecule has 1 N–H and O–H groups in total. The summed E-state index contributed by atoms with van der Waals surface area (Å²) in [4.78, 5) is 1.41. The quantitative estimate of drug-likeness (QED) is 0.758. The highest BCUT2D eigenvalue weighted by atomic mass is 79.9. The number of hydrogen-bond donors (Lipinski definition) is 1. The molecule has 96 valence electrons. The molecule has 1 nitrogen and oxygen atoms in total. The molecule has 1 aromatic heterocycles. The first-order valence-electron chi connectivity index (χ1n) is 5.85. The van der Waals surface area contributed by atoms with E-state index in [1.54, 1.807) is 0 Å². The minimum absolute atomic E-state index is 0.406. The monoisotopic (exact) mass is 379 g/mol. The van der Waals surface area contributed by atoms with Gasteiger partial charge in [-0.2, -0.15) is 0 Å². The molecule has 1 aromatic rings. The van der Waals surface area contributed by atoms with Gasteiger partial charge in [-0.25, -0.2) is 0 Å². The first kappa shape index (κ1) is 14.0. The van der Waals surface area contributed by atoms with Gasteiger partial charge in [0.15, 0.2) is 0 Å². The first-order chi connectivity index (χ1) is 7.73. The van der Waals surface area contributed by atoms with Crippen LogP contribution in [0.3, 0.4) is 0 Å². The lowest BCUT2D eigenvalue weighted by Crippen LogP contribution is -2.20. The number of thiophene rings is 1. The predicted octanol–water partition coefficient (Wildman–Crippen LogP) is 5.22. The molecule has 1 fully saturated rings. The van der Waals surface area contributed by atoms with Crippen molar-refractivity contribution in [1.82, 2.24) is 5.32 Å². The van der Waals surface area contributed by atoms with Gasteiger partial charge < -0.3 is 5.32 Å². The Kier molecular flexibility index (Phi) is 3.57. The smallest absolute Gasteiger partial charge is 0.0843 e. The molecule has 0 radical (unpaired) electrons. The third kappa shape index (κ3) is 2.05. The van der Waals surface area contributed by atoms with E-state index in [9.17, 15) is 0 Å². The van der Waals surface area contributed by atoms with Gasteiger partial charge in [0, 0.05) is 15.4 Å². The molecule has 0 aliphatic heterocycles. The van der Waals surface area contributed by atoms with Crippen LogP contribution in [-0.4, -0.2) is 7.05 Å². The molecule has 1 atom stereocenters. The van der Waals surface area contributed by atoms with Crippen LogP contribution in [0.25, 0.3) is 0 Å². The molecule has 1 aliphatic rings. The summed E-state index contributed by atoms with van der Waals surface area (Å²) in [6, 6.07) is 2.69. The van der Waals surface area contributed by atoms with Crippen molar-refractivity contribution in [2.75, 3.05) is 7.05 Å². The molecular weight excluding hydrogens is 362 g/mol. The van der Waals surface area contributed by atoms with Gasteiger partial charge in [0.05, 0.1) is 3.79 Å². The zero-order chi connectivity index (χ0) is 13.0. The van der Waals surface area contributed by atoms with E-state index in [0.29, 0.717) is 22.8 Å². The van der Waals surface area contributed by atoms with Gasteiger partial charge in [-0.05, 0) is 61.7 Å². The summed E-state index contributed by atoms with van der Waals surface area (Å²) in [5.74, 6) is 0.692. The van der Waals surface area contributed by atoms with E-state index < -0.39 is 0 Å². The van der Waals surface area contributed by atoms with Crippen LogP contribution in [-0.2, 0) is 0 Å². The summed E-state index contributed by atoms with van der Waals surface area (Å²) in [5.41, 5.74) is 0.813. The minimum Gasteiger partial charge on any atom is -0.312 e. The van der Waals surface area contributed by atoms with Gasteiger partial charge in [-0.15, -0.1) is 11.3 Å². The van der Waals surface area contributed by atoms with Gasteiger partial charge in [0.2, 0.25) is 0 Å². The van der Waals surface area contributed by atoms with Crippen LogP contribution in [0.2, 0.25) is 0 Å². The molecule has 1 heterocycles. The second-order valence-corrected chi connectivity index (χ2v) is 9.21. The van der Waals surface area contributed by atoms with Crippen molar-refractivity contribution < 1.29 is 0 Å². The maximum Gasteiger partial charge on any atom is 0.0843 e. The Hall–Kier alpha value is 0.620. The Balaban J connectivity index is 2.31. The van der Waals surface area contributed by atoms with Crippen molar-refractivity contribution in [1.29, 1.82) is 0 Å².